The highest BCUT2D eigenvalue weighted by atomic mass is 16.5. The molecule has 2 amide bonds. The summed E-state index contributed by atoms with van der Waals surface area (Å²) in [5.74, 6) is 0.890. The third-order valence-corrected chi connectivity index (χ3v) is 4.76. The quantitative estimate of drug-likeness (QED) is 0.889. The van der Waals surface area contributed by atoms with E-state index in [1.807, 2.05) is 13.0 Å². The van der Waals surface area contributed by atoms with Crippen molar-refractivity contribution in [2.45, 2.75) is 46.1 Å². The first-order valence-corrected chi connectivity index (χ1v) is 8.90. The molecule has 0 spiro atoms. The van der Waals surface area contributed by atoms with Crippen molar-refractivity contribution >= 4 is 17.5 Å². The zero-order chi connectivity index (χ0) is 18.7. The summed E-state index contributed by atoms with van der Waals surface area (Å²) < 4.78 is 4.93. The summed E-state index contributed by atoms with van der Waals surface area (Å²) in [4.78, 5) is 30.7. The second-order valence-electron chi connectivity index (χ2n) is 6.89. The third-order valence-electron chi connectivity index (χ3n) is 4.76. The molecule has 0 atom stereocenters. The number of nitrogens with zero attached hydrogens (tertiary/aromatic N) is 3. The average molecular weight is 356 g/mol. The third kappa shape index (κ3) is 4.09. The van der Waals surface area contributed by atoms with Crippen LogP contribution in [0.25, 0.3) is 0 Å². The highest BCUT2D eigenvalue weighted by molar-refractivity contribution is 5.98. The Balaban J connectivity index is 1.71. The molecule has 138 valence electrons. The summed E-state index contributed by atoms with van der Waals surface area (Å²) in [6.45, 7) is 3.88. The summed E-state index contributed by atoms with van der Waals surface area (Å²) in [7, 11) is 1.69. The Morgan fingerprint density at radius 2 is 2.00 bits per heavy atom. The van der Waals surface area contributed by atoms with Gasteiger partial charge in [0.1, 0.15) is 0 Å². The van der Waals surface area contributed by atoms with Gasteiger partial charge in [0.15, 0.2) is 5.82 Å². The van der Waals surface area contributed by atoms with Crippen molar-refractivity contribution < 1.29 is 14.1 Å². The number of rotatable bonds is 5. The summed E-state index contributed by atoms with van der Waals surface area (Å²) in [6.07, 6.45) is 4.10. The average Bonchev–Trinajstić information content (AvgIpc) is 3.28. The number of amides is 2. The molecule has 0 unspecified atom stereocenters. The van der Waals surface area contributed by atoms with E-state index in [1.54, 1.807) is 26.1 Å². The van der Waals surface area contributed by atoms with Gasteiger partial charge in [-0.05, 0) is 37.5 Å². The lowest BCUT2D eigenvalue weighted by Gasteiger charge is -2.17. The maximum Gasteiger partial charge on any atom is 0.254 e. The van der Waals surface area contributed by atoms with E-state index in [2.05, 4.69) is 15.5 Å². The molecule has 1 saturated carbocycles. The van der Waals surface area contributed by atoms with Crippen molar-refractivity contribution in [1.29, 1.82) is 0 Å². The first-order valence-electron chi connectivity index (χ1n) is 8.90. The number of benzene rings is 1. The molecule has 7 heteroatoms. The van der Waals surface area contributed by atoms with Crippen LogP contribution < -0.4 is 5.32 Å². The van der Waals surface area contributed by atoms with Crippen LogP contribution in [0.4, 0.5) is 5.69 Å². The van der Waals surface area contributed by atoms with Gasteiger partial charge in [-0.2, -0.15) is 4.98 Å². The summed E-state index contributed by atoms with van der Waals surface area (Å²) in [6, 6.07) is 5.35. The van der Waals surface area contributed by atoms with Gasteiger partial charge in [0.05, 0.1) is 6.54 Å². The summed E-state index contributed by atoms with van der Waals surface area (Å²) in [5.41, 5.74) is 2.14. The fourth-order valence-corrected chi connectivity index (χ4v) is 3.22. The zero-order valence-corrected chi connectivity index (χ0v) is 15.4. The van der Waals surface area contributed by atoms with Crippen LogP contribution in [0.2, 0.25) is 0 Å². The molecular weight excluding hydrogens is 332 g/mol. The minimum absolute atomic E-state index is 0.0471. The molecule has 26 heavy (non-hydrogen) atoms. The van der Waals surface area contributed by atoms with Crippen LogP contribution >= 0.6 is 0 Å². The molecule has 1 aromatic carbocycles. The standard InChI is InChI=1S/C19H24N4O3/c1-12-8-9-15(10-16(12)21-18(24)14-6-4-5-7-14)19(25)23(3)11-17-20-13(2)26-22-17/h8-10,14H,4-7,11H2,1-3H3,(H,21,24). The fraction of sp³-hybridized carbons (Fsp3) is 0.474. The van der Waals surface area contributed by atoms with E-state index < -0.39 is 0 Å². The molecule has 1 heterocycles. The second kappa shape index (κ2) is 7.68. The highest BCUT2D eigenvalue weighted by Crippen LogP contribution is 2.27. The predicted molar refractivity (Wildman–Crippen MR) is 96.6 cm³/mol. The minimum Gasteiger partial charge on any atom is -0.340 e. The van der Waals surface area contributed by atoms with Gasteiger partial charge in [-0.15, -0.1) is 0 Å². The van der Waals surface area contributed by atoms with Crippen LogP contribution in [0, 0.1) is 19.8 Å². The molecule has 0 radical (unpaired) electrons. The first-order chi connectivity index (χ1) is 12.4. The minimum atomic E-state index is -0.163. The molecule has 0 saturated heterocycles. The van der Waals surface area contributed by atoms with Gasteiger partial charge in [0.25, 0.3) is 5.91 Å². The molecular formula is C19H24N4O3. The van der Waals surface area contributed by atoms with Gasteiger partial charge in [-0.1, -0.05) is 24.1 Å². The molecule has 1 N–H and O–H groups in total. The number of carbonyl (C=O) groups excluding carboxylic acids is 2. The molecule has 1 fully saturated rings. The van der Waals surface area contributed by atoms with E-state index in [1.165, 1.54) is 4.90 Å². The van der Waals surface area contributed by atoms with E-state index in [9.17, 15) is 9.59 Å². The lowest BCUT2D eigenvalue weighted by Crippen LogP contribution is -2.27. The molecule has 0 bridgehead atoms. The normalized spacial score (nSPS) is 14.4. The van der Waals surface area contributed by atoms with Gasteiger partial charge in [0, 0.05) is 31.1 Å². The van der Waals surface area contributed by atoms with Gasteiger partial charge < -0.3 is 14.7 Å². The predicted octanol–water partition coefficient (Wildman–Crippen LogP) is 3.09. The number of hydrogen-bond acceptors (Lipinski definition) is 5. The molecule has 0 aliphatic heterocycles. The van der Waals surface area contributed by atoms with Crippen molar-refractivity contribution in [3.63, 3.8) is 0 Å². The Bertz CT molecular complexity index is 809. The highest BCUT2D eigenvalue weighted by Gasteiger charge is 2.23. The van der Waals surface area contributed by atoms with E-state index in [-0.39, 0.29) is 24.3 Å². The Labute approximate surface area is 152 Å². The van der Waals surface area contributed by atoms with Crippen LogP contribution in [0.1, 0.15) is 53.3 Å². The van der Waals surface area contributed by atoms with Crippen LogP contribution in [-0.2, 0) is 11.3 Å². The second-order valence-corrected chi connectivity index (χ2v) is 6.89. The Morgan fingerprint density at radius 1 is 1.27 bits per heavy atom. The number of anilines is 1. The lowest BCUT2D eigenvalue weighted by molar-refractivity contribution is -0.119. The first kappa shape index (κ1) is 18.1. The monoisotopic (exact) mass is 356 g/mol. The maximum atomic E-state index is 12.7. The van der Waals surface area contributed by atoms with E-state index >= 15 is 0 Å². The number of carbonyl (C=O) groups is 2. The lowest BCUT2D eigenvalue weighted by atomic mass is 10.1. The summed E-state index contributed by atoms with van der Waals surface area (Å²) >= 11 is 0. The molecule has 3 rings (SSSR count). The van der Waals surface area contributed by atoms with Gasteiger partial charge in [-0.3, -0.25) is 9.59 Å². The van der Waals surface area contributed by atoms with Crippen molar-refractivity contribution in [3.05, 3.63) is 41.0 Å². The van der Waals surface area contributed by atoms with Gasteiger partial charge in [0.2, 0.25) is 11.8 Å². The Kier molecular flexibility index (Phi) is 5.35. The number of nitrogens with one attached hydrogen (secondary N) is 1. The van der Waals surface area contributed by atoms with Crippen molar-refractivity contribution in [1.82, 2.24) is 15.0 Å². The Morgan fingerprint density at radius 3 is 2.65 bits per heavy atom. The van der Waals surface area contributed by atoms with Crippen LogP contribution in [0.5, 0.6) is 0 Å². The Hall–Kier alpha value is -2.70. The van der Waals surface area contributed by atoms with Crippen LogP contribution in [-0.4, -0.2) is 33.9 Å². The SMILES string of the molecule is Cc1nc(CN(C)C(=O)c2ccc(C)c(NC(=O)C3CCCC3)c2)no1. The maximum absolute atomic E-state index is 12.7. The summed E-state index contributed by atoms with van der Waals surface area (Å²) in [5, 5.41) is 6.80. The van der Waals surface area contributed by atoms with E-state index in [0.717, 1.165) is 31.2 Å². The molecule has 1 aliphatic carbocycles. The fourth-order valence-electron chi connectivity index (χ4n) is 3.22. The van der Waals surface area contributed by atoms with Gasteiger partial charge >= 0.3 is 0 Å². The van der Waals surface area contributed by atoms with Crippen LogP contribution in [0.15, 0.2) is 22.7 Å². The zero-order valence-electron chi connectivity index (χ0n) is 15.4. The van der Waals surface area contributed by atoms with Crippen molar-refractivity contribution in [2.24, 2.45) is 5.92 Å². The molecule has 1 aliphatic rings. The number of aryl methyl sites for hydroxylation is 2. The van der Waals surface area contributed by atoms with E-state index in [4.69, 9.17) is 4.52 Å². The smallest absolute Gasteiger partial charge is 0.254 e. The van der Waals surface area contributed by atoms with Crippen LogP contribution in [0.3, 0.4) is 0 Å². The number of hydrogen-bond donors (Lipinski definition) is 1. The molecule has 2 aromatic rings. The number of aromatic nitrogens is 2. The van der Waals surface area contributed by atoms with E-state index in [0.29, 0.717) is 23.0 Å². The van der Waals surface area contributed by atoms with Crippen molar-refractivity contribution in [3.8, 4) is 0 Å². The molecule has 7 nitrogen and oxygen atoms in total. The molecule has 1 aromatic heterocycles. The van der Waals surface area contributed by atoms with Gasteiger partial charge in [-0.25, -0.2) is 0 Å². The topological polar surface area (TPSA) is 88.3 Å². The largest absolute Gasteiger partial charge is 0.340 e. The van der Waals surface area contributed by atoms with Crippen molar-refractivity contribution in [2.75, 3.05) is 12.4 Å².